The molecule has 10 heteroatoms. The molecule has 0 amide bonds. The van der Waals surface area contributed by atoms with E-state index < -0.39 is 15.7 Å². The maximum Gasteiger partial charge on any atom is 0.206 e. The van der Waals surface area contributed by atoms with Crippen molar-refractivity contribution in [3.05, 3.63) is 96.8 Å². The van der Waals surface area contributed by atoms with Crippen molar-refractivity contribution in [2.45, 2.75) is 9.79 Å². The molecule has 5 aromatic rings. The Bertz CT molecular complexity index is 1620. The number of carbonyl (C=O) groups is 1. The molecule has 0 aliphatic heterocycles. The molecule has 0 spiro atoms. The number of fused-ring (bicyclic) bond motifs is 1. The number of hydrogen-bond donors (Lipinski definition) is 1. The van der Waals surface area contributed by atoms with Gasteiger partial charge in [-0.3, -0.25) is 4.79 Å². The normalized spacial score (nSPS) is 11.1. The summed E-state index contributed by atoms with van der Waals surface area (Å²) in [7, 11) is -3.63. The van der Waals surface area contributed by atoms with E-state index in [-0.39, 0.29) is 39.3 Å². The van der Waals surface area contributed by atoms with Gasteiger partial charge in [-0.15, -0.1) is 12.4 Å². The number of anilines is 2. The molecule has 0 aliphatic carbocycles. The standard InChI is InChI=1S/C25H16FN3O4S.ClH/c26-22-13-23-21(12-20(22)24-11-8-17(14-30)33-24)25(28-15-27-23)29-16-6-9-19(10-7-16)34(31,32)18-4-2-1-3-5-18;/h1-15H,(H,27,28,29);1H. The lowest BCUT2D eigenvalue weighted by Gasteiger charge is -2.11. The number of aromatic nitrogens is 2. The Morgan fingerprint density at radius 3 is 2.29 bits per heavy atom. The van der Waals surface area contributed by atoms with E-state index in [9.17, 15) is 17.6 Å². The monoisotopic (exact) mass is 509 g/mol. The minimum absolute atomic E-state index is 0. The highest BCUT2D eigenvalue weighted by atomic mass is 35.5. The summed E-state index contributed by atoms with van der Waals surface area (Å²) >= 11 is 0. The largest absolute Gasteiger partial charge is 0.453 e. The fraction of sp³-hybridized carbons (Fsp3) is 0. The summed E-state index contributed by atoms with van der Waals surface area (Å²) in [4.78, 5) is 19.7. The van der Waals surface area contributed by atoms with Crippen LogP contribution in [0.5, 0.6) is 0 Å². The molecule has 2 heterocycles. The van der Waals surface area contributed by atoms with E-state index >= 15 is 0 Å². The van der Waals surface area contributed by atoms with Gasteiger partial charge >= 0.3 is 0 Å². The number of halogens is 2. The molecule has 0 saturated carbocycles. The Kier molecular flexibility index (Phi) is 6.63. The fourth-order valence-electron chi connectivity index (χ4n) is 3.52. The fourth-order valence-corrected chi connectivity index (χ4v) is 4.80. The molecule has 5 rings (SSSR count). The second kappa shape index (κ2) is 9.65. The van der Waals surface area contributed by atoms with Gasteiger partial charge in [-0.25, -0.2) is 22.8 Å². The van der Waals surface area contributed by atoms with E-state index in [0.717, 1.165) is 0 Å². The van der Waals surface area contributed by atoms with Gasteiger partial charge in [-0.1, -0.05) is 18.2 Å². The lowest BCUT2D eigenvalue weighted by atomic mass is 10.1. The summed E-state index contributed by atoms with van der Waals surface area (Å²) in [6.45, 7) is 0. The molecule has 7 nitrogen and oxygen atoms in total. The Morgan fingerprint density at radius 1 is 0.886 bits per heavy atom. The van der Waals surface area contributed by atoms with Gasteiger partial charge < -0.3 is 9.73 Å². The first-order valence-corrected chi connectivity index (χ1v) is 11.6. The van der Waals surface area contributed by atoms with Crippen molar-refractivity contribution in [3.63, 3.8) is 0 Å². The lowest BCUT2D eigenvalue weighted by Crippen LogP contribution is -2.02. The number of hydrogen-bond acceptors (Lipinski definition) is 7. The number of nitrogens with one attached hydrogen (secondary N) is 1. The van der Waals surface area contributed by atoms with Crippen LogP contribution in [0.4, 0.5) is 15.9 Å². The quantitative estimate of drug-likeness (QED) is 0.287. The van der Waals surface area contributed by atoms with Gasteiger partial charge in [0, 0.05) is 17.1 Å². The number of benzene rings is 3. The van der Waals surface area contributed by atoms with Gasteiger partial charge in [0.1, 0.15) is 23.7 Å². The van der Waals surface area contributed by atoms with Gasteiger partial charge in [0.2, 0.25) is 9.84 Å². The van der Waals surface area contributed by atoms with Crippen LogP contribution in [-0.2, 0) is 9.84 Å². The smallest absolute Gasteiger partial charge is 0.206 e. The molecule has 176 valence electrons. The second-order valence-electron chi connectivity index (χ2n) is 7.36. The van der Waals surface area contributed by atoms with Crippen molar-refractivity contribution in [3.8, 4) is 11.3 Å². The zero-order valence-corrected chi connectivity index (χ0v) is 19.5. The Balaban J connectivity index is 0.00000289. The first-order valence-electron chi connectivity index (χ1n) is 10.1. The van der Waals surface area contributed by atoms with Crippen molar-refractivity contribution in [1.29, 1.82) is 0 Å². The first-order chi connectivity index (χ1) is 16.5. The van der Waals surface area contributed by atoms with Crippen LogP contribution >= 0.6 is 12.4 Å². The molecule has 0 atom stereocenters. The van der Waals surface area contributed by atoms with Gasteiger partial charge in [0.25, 0.3) is 0 Å². The minimum atomic E-state index is -3.63. The average molecular weight is 510 g/mol. The van der Waals surface area contributed by atoms with Crippen molar-refractivity contribution >= 4 is 50.9 Å². The van der Waals surface area contributed by atoms with Crippen LogP contribution in [0.3, 0.4) is 0 Å². The maximum atomic E-state index is 14.7. The topological polar surface area (TPSA) is 102 Å². The summed E-state index contributed by atoms with van der Waals surface area (Å²) in [6, 6.07) is 20.2. The van der Waals surface area contributed by atoms with Crippen LogP contribution in [0.2, 0.25) is 0 Å². The number of sulfone groups is 1. The highest BCUT2D eigenvalue weighted by molar-refractivity contribution is 7.91. The molecule has 2 aromatic heterocycles. The van der Waals surface area contributed by atoms with Crippen molar-refractivity contribution in [2.75, 3.05) is 5.32 Å². The molecule has 3 aromatic carbocycles. The minimum Gasteiger partial charge on any atom is -0.453 e. The molecule has 35 heavy (non-hydrogen) atoms. The Hall–Kier alpha value is -4.08. The summed E-state index contributed by atoms with van der Waals surface area (Å²) in [5, 5.41) is 3.64. The van der Waals surface area contributed by atoms with Crippen LogP contribution < -0.4 is 5.32 Å². The van der Waals surface area contributed by atoms with Crippen LogP contribution in [0, 0.1) is 5.82 Å². The summed E-state index contributed by atoms with van der Waals surface area (Å²) in [5.74, 6) is 0.126. The van der Waals surface area contributed by atoms with Crippen molar-refractivity contribution in [2.24, 2.45) is 0 Å². The number of nitrogens with zero attached hydrogens (tertiary/aromatic N) is 2. The average Bonchev–Trinajstić information content (AvgIpc) is 3.34. The van der Waals surface area contributed by atoms with Crippen LogP contribution in [0.1, 0.15) is 10.6 Å². The van der Waals surface area contributed by atoms with E-state index in [1.165, 1.54) is 42.7 Å². The Morgan fingerprint density at radius 2 is 1.60 bits per heavy atom. The van der Waals surface area contributed by atoms with E-state index in [2.05, 4.69) is 15.3 Å². The van der Waals surface area contributed by atoms with E-state index in [4.69, 9.17) is 4.42 Å². The molecule has 0 aliphatic rings. The van der Waals surface area contributed by atoms with Gasteiger partial charge in [-0.2, -0.15) is 0 Å². The molecule has 1 N–H and O–H groups in total. The zero-order chi connectivity index (χ0) is 23.7. The third-order valence-electron chi connectivity index (χ3n) is 5.21. The van der Waals surface area contributed by atoms with E-state index in [1.807, 2.05) is 0 Å². The van der Waals surface area contributed by atoms with Crippen molar-refractivity contribution in [1.82, 2.24) is 9.97 Å². The lowest BCUT2D eigenvalue weighted by molar-refractivity contribution is 0.110. The van der Waals surface area contributed by atoms with Gasteiger partial charge in [0.15, 0.2) is 12.0 Å². The first kappa shape index (κ1) is 24.1. The predicted octanol–water partition coefficient (Wildman–Crippen LogP) is 5.84. The van der Waals surface area contributed by atoms with Gasteiger partial charge in [0.05, 0.1) is 20.9 Å². The zero-order valence-electron chi connectivity index (χ0n) is 17.9. The number of carbonyl (C=O) groups excluding carboxylic acids is 1. The Labute approximate surface area is 206 Å². The highest BCUT2D eigenvalue weighted by Crippen LogP contribution is 2.32. The number of rotatable bonds is 6. The summed E-state index contributed by atoms with van der Waals surface area (Å²) in [5.41, 5.74) is 1.10. The third kappa shape index (κ3) is 4.64. The van der Waals surface area contributed by atoms with Gasteiger partial charge in [-0.05, 0) is 54.6 Å². The predicted molar refractivity (Wildman–Crippen MR) is 131 cm³/mol. The molecule has 0 fully saturated rings. The summed E-state index contributed by atoms with van der Waals surface area (Å²) < 4.78 is 45.6. The highest BCUT2D eigenvalue weighted by Gasteiger charge is 2.18. The molecule has 0 bridgehead atoms. The van der Waals surface area contributed by atoms with Crippen LogP contribution in [-0.4, -0.2) is 24.7 Å². The summed E-state index contributed by atoms with van der Waals surface area (Å²) in [6.07, 6.45) is 1.84. The maximum absolute atomic E-state index is 14.7. The number of furan rings is 1. The molecular weight excluding hydrogens is 493 g/mol. The molecule has 0 unspecified atom stereocenters. The number of aldehydes is 1. The molecule has 0 saturated heterocycles. The van der Waals surface area contributed by atoms with Crippen molar-refractivity contribution < 1.29 is 22.0 Å². The van der Waals surface area contributed by atoms with E-state index in [1.54, 1.807) is 42.5 Å². The van der Waals surface area contributed by atoms with E-state index in [0.29, 0.717) is 28.7 Å². The SMILES string of the molecule is Cl.O=Cc1ccc(-c2cc3c(Nc4ccc(S(=O)(=O)c5ccccc5)cc4)ncnc3cc2F)o1. The second-order valence-corrected chi connectivity index (χ2v) is 9.31. The van der Waals surface area contributed by atoms with Crippen LogP contribution in [0.15, 0.2) is 99.4 Å². The molecule has 0 radical (unpaired) electrons. The molecular formula is C25H17ClFN3O4S. The van der Waals surface area contributed by atoms with Crippen LogP contribution in [0.25, 0.3) is 22.2 Å². The third-order valence-corrected chi connectivity index (χ3v) is 7.00.